The van der Waals surface area contributed by atoms with Gasteiger partial charge in [-0.3, -0.25) is 13.6 Å². The highest BCUT2D eigenvalue weighted by Gasteiger charge is 2.83. The lowest BCUT2D eigenvalue weighted by Gasteiger charge is -2.73. The van der Waals surface area contributed by atoms with Crippen molar-refractivity contribution in [1.29, 1.82) is 0 Å². The topological polar surface area (TPSA) is 88.4 Å². The third kappa shape index (κ3) is 23.2. The van der Waals surface area contributed by atoms with Crippen LogP contribution in [-0.2, 0) is 40.6 Å². The molecule has 1 unspecified atom stereocenters. The number of rotatable bonds is 54. The van der Waals surface area contributed by atoms with Gasteiger partial charge in [0.05, 0.1) is 5.41 Å². The van der Waals surface area contributed by atoms with Crippen LogP contribution in [0.5, 0.6) is 17.2 Å². The van der Waals surface area contributed by atoms with Gasteiger partial charge in [-0.1, -0.05) is 391 Å². The second kappa shape index (κ2) is 42.1. The summed E-state index contributed by atoms with van der Waals surface area (Å²) < 4.78 is 22.6. The second-order valence-electron chi connectivity index (χ2n) is 34.4. The molecule has 0 amide bonds. The standard InChI is InChI=1S/C89H153O6P/c1-17-21-25-29-33-37-41-45-49-53-57-61-86(62-58-54-50-46-42-38-34-30-26-22-18-2,88(89-93-96(94-89)95-89,64-60-56-52-48-44-40-36-32-28-24-20-4)76-70-79(85(14,15)16)82(92)67-73(76)7)87(63-59-55-51-47-43-39-35-31-27-23-19-3,74-68-77(83(8,9)10)80(90)65-71(74)5)75-69-78(84(11,12)13)81(91)66-72(75)6/h65-70,90-92H,17-64H2,1-16H3. The van der Waals surface area contributed by atoms with E-state index in [2.05, 4.69) is 147 Å². The Morgan fingerprint density at radius 1 is 0.281 bits per heavy atom. The van der Waals surface area contributed by atoms with Crippen LogP contribution in [0.3, 0.4) is 0 Å². The quantitative estimate of drug-likeness (QED) is 0.0386. The zero-order valence-corrected chi connectivity index (χ0v) is 66.8. The largest absolute Gasteiger partial charge is 0.508 e. The lowest BCUT2D eigenvalue weighted by atomic mass is 9.39. The maximum atomic E-state index is 12.6. The van der Waals surface area contributed by atoms with E-state index in [0.717, 1.165) is 110 Å². The minimum absolute atomic E-state index is 0.346. The Kier molecular flexibility index (Phi) is 36.8. The molecule has 0 spiro atoms. The summed E-state index contributed by atoms with van der Waals surface area (Å²) in [5.74, 6) is -0.305. The van der Waals surface area contributed by atoms with Gasteiger partial charge >= 0.3 is 14.6 Å². The molecule has 3 heterocycles. The first-order valence-electron chi connectivity index (χ1n) is 41.3. The van der Waals surface area contributed by atoms with Crippen molar-refractivity contribution in [2.75, 3.05) is 0 Å². The molecule has 0 aliphatic carbocycles. The van der Waals surface area contributed by atoms with Crippen molar-refractivity contribution in [3.8, 4) is 17.2 Å². The molecule has 1 atom stereocenters. The summed E-state index contributed by atoms with van der Waals surface area (Å²) >= 11 is 0. The predicted octanol–water partition coefficient (Wildman–Crippen LogP) is 29.6. The number of hydrogen-bond acceptors (Lipinski definition) is 6. The summed E-state index contributed by atoms with van der Waals surface area (Å²) in [5.41, 5.74) is 6.50. The highest BCUT2D eigenvalue weighted by atomic mass is 31.2. The van der Waals surface area contributed by atoms with Crippen LogP contribution in [0, 0.1) is 26.2 Å². The maximum Gasteiger partial charge on any atom is 0.346 e. The van der Waals surface area contributed by atoms with Gasteiger partial charge < -0.3 is 15.3 Å². The molecule has 7 heteroatoms. The molecule has 6 nitrogen and oxygen atoms in total. The Morgan fingerprint density at radius 2 is 0.500 bits per heavy atom. The van der Waals surface area contributed by atoms with E-state index in [9.17, 15) is 15.3 Å². The molecule has 0 saturated carbocycles. The van der Waals surface area contributed by atoms with Crippen LogP contribution >= 0.6 is 8.60 Å². The fourth-order valence-electron chi connectivity index (χ4n) is 17.9. The molecule has 3 aromatic rings. The third-order valence-corrected chi connectivity index (χ3v) is 24.5. The zero-order chi connectivity index (χ0) is 70.3. The molecule has 6 rings (SSSR count). The van der Waals surface area contributed by atoms with Gasteiger partial charge in [0, 0.05) is 10.8 Å². The Labute approximate surface area is 595 Å². The van der Waals surface area contributed by atoms with E-state index in [1.165, 1.54) is 248 Å². The average molecular weight is 1350 g/mol. The first-order valence-corrected chi connectivity index (χ1v) is 42.4. The number of aryl methyl sites for hydroxylation is 3. The van der Waals surface area contributed by atoms with Gasteiger partial charge in [0.2, 0.25) is 0 Å². The van der Waals surface area contributed by atoms with Gasteiger partial charge in [-0.05, 0) is 131 Å². The predicted molar refractivity (Wildman–Crippen MR) is 417 cm³/mol. The van der Waals surface area contributed by atoms with Gasteiger partial charge in [0.25, 0.3) is 0 Å². The van der Waals surface area contributed by atoms with E-state index in [1.807, 2.05) is 0 Å². The summed E-state index contributed by atoms with van der Waals surface area (Å²) in [6.07, 6.45) is 58.9. The smallest absolute Gasteiger partial charge is 0.346 e. The number of hydrogen-bond donors (Lipinski definition) is 3. The fourth-order valence-corrected chi connectivity index (χ4v) is 19.0. The van der Waals surface area contributed by atoms with Crippen molar-refractivity contribution in [2.24, 2.45) is 5.41 Å². The molecule has 2 bridgehead atoms. The van der Waals surface area contributed by atoms with Crippen molar-refractivity contribution in [3.05, 3.63) is 86.5 Å². The van der Waals surface area contributed by atoms with Crippen LogP contribution in [0.15, 0.2) is 36.4 Å². The molecule has 550 valence electrons. The van der Waals surface area contributed by atoms with Crippen LogP contribution in [0.25, 0.3) is 0 Å². The van der Waals surface area contributed by atoms with E-state index in [1.54, 1.807) is 0 Å². The van der Waals surface area contributed by atoms with Gasteiger partial charge in [-0.2, -0.15) is 0 Å². The Balaban J connectivity index is 1.96. The highest BCUT2D eigenvalue weighted by molar-refractivity contribution is 7.45. The van der Waals surface area contributed by atoms with E-state index in [4.69, 9.17) is 13.6 Å². The SMILES string of the molecule is CCCCCCCCCCCCCC(c1cc(C(C)(C)C)c(O)cc1C)(c1cc(C(C)(C)C)c(O)cc1C)C(CCCCCCCCCCCCC)(CCCCCCCCCCCCC)C(CCCCCCCCCCCCC)(c1cc(C(C)(C)C)c(O)cc1C)C12OP(O1)O2. The first-order chi connectivity index (χ1) is 45.9. The molecular formula is C89H153O6P. The van der Waals surface area contributed by atoms with Crippen LogP contribution in [0.1, 0.15) is 448 Å². The molecule has 0 radical (unpaired) electrons. The van der Waals surface area contributed by atoms with E-state index in [0.29, 0.717) is 17.2 Å². The van der Waals surface area contributed by atoms with Crippen molar-refractivity contribution >= 4 is 8.60 Å². The first kappa shape index (κ1) is 84.0. The van der Waals surface area contributed by atoms with E-state index >= 15 is 0 Å². The lowest BCUT2D eigenvalue weighted by Crippen LogP contribution is -2.76. The van der Waals surface area contributed by atoms with Crippen molar-refractivity contribution in [1.82, 2.24) is 0 Å². The molecule has 3 aromatic carbocycles. The monoisotopic (exact) mass is 1350 g/mol. The van der Waals surface area contributed by atoms with Crippen LogP contribution in [-0.4, -0.2) is 21.3 Å². The van der Waals surface area contributed by atoms with Crippen LogP contribution in [0.4, 0.5) is 0 Å². The minimum atomic E-state index is -1.51. The number of phenolic OH excluding ortho intramolecular Hbond substituents is 3. The van der Waals surface area contributed by atoms with Gasteiger partial charge in [0.1, 0.15) is 17.2 Å². The van der Waals surface area contributed by atoms with Crippen molar-refractivity contribution < 1.29 is 28.9 Å². The zero-order valence-electron chi connectivity index (χ0n) is 65.9. The summed E-state index contributed by atoms with van der Waals surface area (Å²) in [6.45, 7) is 36.7. The highest BCUT2D eigenvalue weighted by Crippen LogP contribution is 2.84. The van der Waals surface area contributed by atoms with Crippen molar-refractivity contribution in [3.63, 3.8) is 0 Å². The molecule has 3 N–H and O–H groups in total. The van der Waals surface area contributed by atoms with Crippen LogP contribution in [0.2, 0.25) is 0 Å². The van der Waals surface area contributed by atoms with Gasteiger partial charge in [-0.15, -0.1) is 0 Å². The van der Waals surface area contributed by atoms with E-state index < -0.39 is 30.8 Å². The van der Waals surface area contributed by atoms with Crippen molar-refractivity contribution in [2.45, 2.75) is 452 Å². The fraction of sp³-hybridized carbons (Fsp3) is 0.798. The maximum absolute atomic E-state index is 12.6. The molecule has 0 aromatic heterocycles. The summed E-state index contributed by atoms with van der Waals surface area (Å²) in [5, 5.41) is 37.7. The summed E-state index contributed by atoms with van der Waals surface area (Å²) in [7, 11) is -1.51. The van der Waals surface area contributed by atoms with E-state index in [-0.39, 0.29) is 16.2 Å². The summed E-state index contributed by atoms with van der Waals surface area (Å²) in [4.78, 5) is 0. The third-order valence-electron chi connectivity index (χ3n) is 23.3. The average Bonchev–Trinajstić information content (AvgIpc) is 0.647. The van der Waals surface area contributed by atoms with Crippen LogP contribution < -0.4 is 0 Å². The molecule has 3 fully saturated rings. The number of phenols is 3. The number of unbranched alkanes of at least 4 members (excludes halogenated alkanes) is 40. The normalized spacial score (nSPS) is 16.7. The molecule has 3 aliphatic rings. The number of aromatic hydroxyl groups is 3. The molecule has 3 aliphatic heterocycles. The minimum Gasteiger partial charge on any atom is -0.508 e. The summed E-state index contributed by atoms with van der Waals surface area (Å²) in [6, 6.07) is 13.9. The molecule has 96 heavy (non-hydrogen) atoms. The Hall–Kier alpha value is -2.63. The van der Waals surface area contributed by atoms with Gasteiger partial charge in [-0.25, -0.2) is 0 Å². The second-order valence-corrected chi connectivity index (χ2v) is 35.4. The lowest BCUT2D eigenvalue weighted by molar-refractivity contribution is -0.461. The molecular weight excluding hydrogens is 1200 g/mol. The molecule has 3 saturated heterocycles. The van der Waals surface area contributed by atoms with Gasteiger partial charge in [0.15, 0.2) is 0 Å². The number of benzene rings is 3. The Morgan fingerprint density at radius 3 is 0.740 bits per heavy atom. The Bertz CT molecular complexity index is 2520.